The largest absolute Gasteiger partial charge is 0.474 e. The maximum Gasteiger partial charge on any atom is 0.213 e. The summed E-state index contributed by atoms with van der Waals surface area (Å²) in [6.45, 7) is 9.63. The molecule has 1 aliphatic carbocycles. The molecule has 1 heterocycles. The SMILES string of the molecule is CC1CCCCC1Oc1ccc(CNC(C)(C)C)cn1. The third kappa shape index (κ3) is 4.78. The van der Waals surface area contributed by atoms with Gasteiger partial charge in [-0.2, -0.15) is 0 Å². The van der Waals surface area contributed by atoms with Crippen LogP contribution in [0.1, 0.15) is 58.9 Å². The number of rotatable bonds is 4. The van der Waals surface area contributed by atoms with Gasteiger partial charge in [0.05, 0.1) is 0 Å². The molecule has 2 atom stereocenters. The first-order valence-corrected chi connectivity index (χ1v) is 7.81. The summed E-state index contributed by atoms with van der Waals surface area (Å²) in [5.74, 6) is 1.41. The van der Waals surface area contributed by atoms with E-state index >= 15 is 0 Å². The predicted octanol–water partition coefficient (Wildman–Crippen LogP) is 3.93. The molecule has 2 unspecified atom stereocenters. The molecule has 20 heavy (non-hydrogen) atoms. The predicted molar refractivity (Wildman–Crippen MR) is 82.9 cm³/mol. The highest BCUT2D eigenvalue weighted by Gasteiger charge is 2.23. The molecule has 0 spiro atoms. The normalized spacial score (nSPS) is 23.6. The van der Waals surface area contributed by atoms with Crippen LogP contribution in [-0.2, 0) is 6.54 Å². The van der Waals surface area contributed by atoms with Gasteiger partial charge in [-0.25, -0.2) is 4.98 Å². The van der Waals surface area contributed by atoms with Crippen LogP contribution < -0.4 is 10.1 Å². The molecule has 1 saturated carbocycles. The maximum absolute atomic E-state index is 6.04. The van der Waals surface area contributed by atoms with E-state index in [-0.39, 0.29) is 5.54 Å². The molecule has 1 aromatic rings. The molecule has 1 aromatic heterocycles. The fourth-order valence-electron chi connectivity index (χ4n) is 2.56. The van der Waals surface area contributed by atoms with Gasteiger partial charge in [-0.1, -0.05) is 19.4 Å². The summed E-state index contributed by atoms with van der Waals surface area (Å²) in [4.78, 5) is 4.45. The van der Waals surface area contributed by atoms with E-state index in [0.29, 0.717) is 12.0 Å². The zero-order chi connectivity index (χ0) is 14.6. The minimum absolute atomic E-state index is 0.132. The van der Waals surface area contributed by atoms with Crippen molar-refractivity contribution in [2.75, 3.05) is 0 Å². The monoisotopic (exact) mass is 276 g/mol. The molecule has 3 nitrogen and oxygen atoms in total. The Labute approximate surface area is 123 Å². The molecule has 1 fully saturated rings. The molecule has 0 aromatic carbocycles. The lowest BCUT2D eigenvalue weighted by Crippen LogP contribution is -2.35. The number of hydrogen-bond donors (Lipinski definition) is 1. The molecule has 3 heteroatoms. The quantitative estimate of drug-likeness (QED) is 0.905. The van der Waals surface area contributed by atoms with Crippen molar-refractivity contribution in [2.24, 2.45) is 5.92 Å². The van der Waals surface area contributed by atoms with Crippen molar-refractivity contribution in [3.05, 3.63) is 23.9 Å². The van der Waals surface area contributed by atoms with Crippen molar-refractivity contribution in [3.8, 4) is 5.88 Å². The van der Waals surface area contributed by atoms with Gasteiger partial charge in [-0.15, -0.1) is 0 Å². The van der Waals surface area contributed by atoms with Crippen molar-refractivity contribution in [3.63, 3.8) is 0 Å². The fourth-order valence-corrected chi connectivity index (χ4v) is 2.56. The standard InChI is InChI=1S/C17H28N2O/c1-13-7-5-6-8-15(13)20-16-10-9-14(11-18-16)12-19-17(2,3)4/h9-11,13,15,19H,5-8,12H2,1-4H3. The van der Waals surface area contributed by atoms with E-state index in [0.717, 1.165) is 18.8 Å². The molecule has 112 valence electrons. The zero-order valence-electron chi connectivity index (χ0n) is 13.3. The van der Waals surface area contributed by atoms with Crippen molar-refractivity contribution >= 4 is 0 Å². The summed E-state index contributed by atoms with van der Waals surface area (Å²) in [5.41, 5.74) is 1.33. The molecule has 0 amide bonds. The number of ether oxygens (including phenoxy) is 1. The highest BCUT2D eigenvalue weighted by Crippen LogP contribution is 2.27. The van der Waals surface area contributed by atoms with Crippen LogP contribution in [-0.4, -0.2) is 16.6 Å². The van der Waals surface area contributed by atoms with E-state index in [9.17, 15) is 0 Å². The smallest absolute Gasteiger partial charge is 0.213 e. The molecule has 1 N–H and O–H groups in total. The summed E-state index contributed by atoms with van der Waals surface area (Å²) < 4.78 is 6.04. The lowest BCUT2D eigenvalue weighted by molar-refractivity contribution is 0.0975. The van der Waals surface area contributed by atoms with Crippen molar-refractivity contribution in [1.82, 2.24) is 10.3 Å². The van der Waals surface area contributed by atoms with E-state index in [1.54, 1.807) is 0 Å². The van der Waals surface area contributed by atoms with Gasteiger partial charge < -0.3 is 10.1 Å². The van der Waals surface area contributed by atoms with Gasteiger partial charge in [0.1, 0.15) is 6.10 Å². The van der Waals surface area contributed by atoms with Gasteiger partial charge in [-0.3, -0.25) is 0 Å². The Morgan fingerprint density at radius 2 is 2.00 bits per heavy atom. The van der Waals surface area contributed by atoms with E-state index in [1.165, 1.54) is 24.8 Å². The molecule has 0 saturated heterocycles. The Morgan fingerprint density at radius 3 is 2.60 bits per heavy atom. The minimum atomic E-state index is 0.132. The number of hydrogen-bond acceptors (Lipinski definition) is 3. The first-order valence-electron chi connectivity index (χ1n) is 7.81. The average Bonchev–Trinajstić information content (AvgIpc) is 2.40. The fraction of sp³-hybridized carbons (Fsp3) is 0.706. The van der Waals surface area contributed by atoms with Gasteiger partial charge in [0.15, 0.2) is 0 Å². The number of nitrogens with one attached hydrogen (secondary N) is 1. The van der Waals surface area contributed by atoms with E-state index in [1.807, 2.05) is 12.3 Å². The topological polar surface area (TPSA) is 34.1 Å². The van der Waals surface area contributed by atoms with E-state index in [4.69, 9.17) is 4.74 Å². The van der Waals surface area contributed by atoms with Gasteiger partial charge >= 0.3 is 0 Å². The minimum Gasteiger partial charge on any atom is -0.474 e. The summed E-state index contributed by atoms with van der Waals surface area (Å²) in [7, 11) is 0. The molecule has 0 radical (unpaired) electrons. The Hall–Kier alpha value is -1.09. The number of pyridine rings is 1. The Balaban J connectivity index is 1.88. The highest BCUT2D eigenvalue weighted by molar-refractivity contribution is 5.18. The van der Waals surface area contributed by atoms with E-state index < -0.39 is 0 Å². The summed E-state index contributed by atoms with van der Waals surface area (Å²) in [5, 5.41) is 3.47. The maximum atomic E-state index is 6.04. The lowest BCUT2D eigenvalue weighted by Gasteiger charge is -2.28. The Kier molecular flexibility index (Phi) is 5.03. The lowest BCUT2D eigenvalue weighted by atomic mass is 9.88. The number of aromatic nitrogens is 1. The van der Waals surface area contributed by atoms with Gasteiger partial charge in [-0.05, 0) is 51.5 Å². The van der Waals surface area contributed by atoms with Crippen molar-refractivity contribution < 1.29 is 4.74 Å². The molecule has 1 aliphatic rings. The van der Waals surface area contributed by atoms with Crippen LogP contribution in [0.5, 0.6) is 5.88 Å². The van der Waals surface area contributed by atoms with Crippen molar-refractivity contribution in [1.29, 1.82) is 0 Å². The third-order valence-corrected chi connectivity index (χ3v) is 3.93. The van der Waals surface area contributed by atoms with E-state index in [2.05, 4.69) is 44.1 Å². The van der Waals surface area contributed by atoms with Crippen LogP contribution in [0.3, 0.4) is 0 Å². The summed E-state index contributed by atoms with van der Waals surface area (Å²) >= 11 is 0. The van der Waals surface area contributed by atoms with Gasteiger partial charge in [0.25, 0.3) is 0 Å². The second kappa shape index (κ2) is 6.57. The third-order valence-electron chi connectivity index (χ3n) is 3.93. The Morgan fingerprint density at radius 1 is 1.25 bits per heavy atom. The summed E-state index contributed by atoms with van der Waals surface area (Å²) in [6.07, 6.45) is 7.32. The average molecular weight is 276 g/mol. The van der Waals surface area contributed by atoms with Crippen LogP contribution in [0.2, 0.25) is 0 Å². The van der Waals surface area contributed by atoms with Crippen LogP contribution >= 0.6 is 0 Å². The molecular formula is C17H28N2O. The van der Waals surface area contributed by atoms with Crippen LogP contribution in [0.4, 0.5) is 0 Å². The van der Waals surface area contributed by atoms with Gasteiger partial charge in [0, 0.05) is 24.3 Å². The molecular weight excluding hydrogens is 248 g/mol. The van der Waals surface area contributed by atoms with Crippen LogP contribution in [0.15, 0.2) is 18.3 Å². The second-order valence-electron chi connectivity index (χ2n) is 7.03. The molecule has 2 rings (SSSR count). The second-order valence-corrected chi connectivity index (χ2v) is 7.03. The van der Waals surface area contributed by atoms with Crippen LogP contribution in [0, 0.1) is 5.92 Å². The zero-order valence-corrected chi connectivity index (χ0v) is 13.3. The first-order chi connectivity index (χ1) is 9.44. The van der Waals surface area contributed by atoms with Crippen LogP contribution in [0.25, 0.3) is 0 Å². The summed E-state index contributed by atoms with van der Waals surface area (Å²) in [6, 6.07) is 4.11. The molecule has 0 bridgehead atoms. The van der Waals surface area contributed by atoms with Crippen molar-refractivity contribution in [2.45, 2.75) is 71.6 Å². The Bertz CT molecular complexity index is 408. The first kappa shape index (κ1) is 15.3. The van der Waals surface area contributed by atoms with Gasteiger partial charge in [0.2, 0.25) is 5.88 Å². The number of nitrogens with zero attached hydrogens (tertiary/aromatic N) is 1. The highest BCUT2D eigenvalue weighted by atomic mass is 16.5. The molecule has 0 aliphatic heterocycles.